The first-order valence-corrected chi connectivity index (χ1v) is 7.60. The topological polar surface area (TPSA) is 76.4 Å². The number of benzene rings is 2. The third kappa shape index (κ3) is 2.98. The molecule has 1 aliphatic heterocycles. The quantitative estimate of drug-likeness (QED) is 0.751. The van der Waals surface area contributed by atoms with Crippen LogP contribution in [0, 0.1) is 0 Å². The van der Waals surface area contributed by atoms with Gasteiger partial charge in [0.05, 0.1) is 19.1 Å². The van der Waals surface area contributed by atoms with Gasteiger partial charge in [0, 0.05) is 5.69 Å². The number of hydrogen-bond acceptors (Lipinski definition) is 3. The van der Waals surface area contributed by atoms with E-state index in [9.17, 15) is 4.79 Å². The Morgan fingerprint density at radius 3 is 2.61 bits per heavy atom. The van der Waals surface area contributed by atoms with Crippen molar-refractivity contribution in [3.8, 4) is 5.75 Å². The minimum atomic E-state index is -0.402. The zero-order chi connectivity index (χ0) is 16.4. The Kier molecular flexibility index (Phi) is 4.16. The van der Waals surface area contributed by atoms with Gasteiger partial charge in [0.25, 0.3) is 0 Å². The van der Waals surface area contributed by atoms with Crippen LogP contribution in [0.25, 0.3) is 0 Å². The molecule has 2 atom stereocenters. The SMILES string of the molecule is COc1ccc(C(NC(N)=S)C2C(=O)Nc3ccccc32)cc1. The van der Waals surface area contributed by atoms with E-state index in [1.807, 2.05) is 48.5 Å². The number of anilines is 1. The molecule has 0 spiro atoms. The average molecular weight is 327 g/mol. The first kappa shape index (κ1) is 15.3. The van der Waals surface area contributed by atoms with E-state index in [1.54, 1.807) is 7.11 Å². The van der Waals surface area contributed by atoms with E-state index in [2.05, 4.69) is 10.6 Å². The summed E-state index contributed by atoms with van der Waals surface area (Å²) < 4.78 is 5.18. The minimum Gasteiger partial charge on any atom is -0.497 e. The predicted molar refractivity (Wildman–Crippen MR) is 93.5 cm³/mol. The van der Waals surface area contributed by atoms with Gasteiger partial charge in [-0.2, -0.15) is 0 Å². The second-order valence-electron chi connectivity index (χ2n) is 5.31. The lowest BCUT2D eigenvalue weighted by Crippen LogP contribution is -2.38. The van der Waals surface area contributed by atoms with Gasteiger partial charge >= 0.3 is 0 Å². The normalized spacial score (nSPS) is 17.1. The van der Waals surface area contributed by atoms with Gasteiger partial charge in [-0.05, 0) is 41.5 Å². The van der Waals surface area contributed by atoms with E-state index < -0.39 is 5.92 Å². The second kappa shape index (κ2) is 6.26. The van der Waals surface area contributed by atoms with Crippen molar-refractivity contribution in [3.05, 3.63) is 59.7 Å². The molecule has 0 aromatic heterocycles. The fourth-order valence-corrected chi connectivity index (χ4v) is 3.02. The Morgan fingerprint density at radius 1 is 1.26 bits per heavy atom. The van der Waals surface area contributed by atoms with Gasteiger partial charge in [-0.1, -0.05) is 30.3 Å². The Morgan fingerprint density at radius 2 is 1.96 bits per heavy atom. The zero-order valence-electron chi connectivity index (χ0n) is 12.6. The van der Waals surface area contributed by atoms with Crippen LogP contribution in [0.1, 0.15) is 23.1 Å². The zero-order valence-corrected chi connectivity index (χ0v) is 13.4. The molecule has 0 aliphatic carbocycles. The smallest absolute Gasteiger partial charge is 0.234 e. The van der Waals surface area contributed by atoms with Crippen LogP contribution in [0.2, 0.25) is 0 Å². The molecule has 118 valence electrons. The molecule has 2 aromatic carbocycles. The van der Waals surface area contributed by atoms with Crippen LogP contribution < -0.4 is 21.1 Å². The van der Waals surface area contributed by atoms with Crippen molar-refractivity contribution in [1.29, 1.82) is 0 Å². The molecular formula is C17H17N3O2S. The average Bonchev–Trinajstić information content (AvgIpc) is 2.88. The molecular weight excluding hydrogens is 310 g/mol. The first-order valence-electron chi connectivity index (χ1n) is 7.20. The highest BCUT2D eigenvalue weighted by molar-refractivity contribution is 7.80. The van der Waals surface area contributed by atoms with Gasteiger partial charge in [0.15, 0.2) is 5.11 Å². The Bertz CT molecular complexity index is 746. The molecule has 6 heteroatoms. The fraction of sp³-hybridized carbons (Fsp3) is 0.176. The number of hydrogen-bond donors (Lipinski definition) is 3. The van der Waals surface area contributed by atoms with Crippen LogP contribution in [0.3, 0.4) is 0 Å². The number of fused-ring (bicyclic) bond motifs is 1. The summed E-state index contributed by atoms with van der Waals surface area (Å²) in [6.45, 7) is 0. The number of methoxy groups -OCH3 is 1. The summed E-state index contributed by atoms with van der Waals surface area (Å²) >= 11 is 5.00. The highest BCUT2D eigenvalue weighted by atomic mass is 32.1. The number of carbonyl (C=O) groups excluding carboxylic acids is 1. The largest absolute Gasteiger partial charge is 0.497 e. The number of nitrogens with two attached hydrogens (primary N) is 1. The summed E-state index contributed by atoms with van der Waals surface area (Å²) in [5, 5.41) is 6.12. The number of carbonyl (C=O) groups is 1. The van der Waals surface area contributed by atoms with Gasteiger partial charge in [-0.25, -0.2) is 0 Å². The summed E-state index contributed by atoms with van der Waals surface area (Å²) in [7, 11) is 1.61. The van der Waals surface area contributed by atoms with Gasteiger partial charge in [0.2, 0.25) is 5.91 Å². The molecule has 0 saturated carbocycles. The third-order valence-electron chi connectivity index (χ3n) is 3.94. The molecule has 1 amide bonds. The summed E-state index contributed by atoms with van der Waals surface area (Å²) in [6, 6.07) is 14.8. The van der Waals surface area contributed by atoms with Crippen LogP contribution in [-0.4, -0.2) is 18.1 Å². The van der Waals surface area contributed by atoms with Crippen LogP contribution in [0.15, 0.2) is 48.5 Å². The molecule has 1 heterocycles. The van der Waals surface area contributed by atoms with E-state index in [0.717, 1.165) is 22.6 Å². The summed E-state index contributed by atoms with van der Waals surface area (Å²) in [5.74, 6) is 0.274. The molecule has 5 nitrogen and oxygen atoms in total. The fourth-order valence-electron chi connectivity index (χ4n) is 2.89. The maximum atomic E-state index is 12.5. The van der Waals surface area contributed by atoms with E-state index in [0.29, 0.717) is 0 Å². The molecule has 4 N–H and O–H groups in total. The van der Waals surface area contributed by atoms with E-state index in [1.165, 1.54) is 0 Å². The van der Waals surface area contributed by atoms with Gasteiger partial charge in [-0.15, -0.1) is 0 Å². The molecule has 2 unspecified atom stereocenters. The van der Waals surface area contributed by atoms with Crippen molar-refractivity contribution in [3.63, 3.8) is 0 Å². The van der Waals surface area contributed by atoms with Crippen molar-refractivity contribution in [1.82, 2.24) is 5.32 Å². The number of amides is 1. The molecule has 0 saturated heterocycles. The third-order valence-corrected chi connectivity index (χ3v) is 4.06. The van der Waals surface area contributed by atoms with Crippen molar-refractivity contribution in [2.24, 2.45) is 5.73 Å². The summed E-state index contributed by atoms with van der Waals surface area (Å²) in [5.41, 5.74) is 8.35. The van der Waals surface area contributed by atoms with Crippen LogP contribution in [-0.2, 0) is 4.79 Å². The number of thiocarbonyl (C=S) groups is 1. The molecule has 2 aromatic rings. The van der Waals surface area contributed by atoms with Crippen molar-refractivity contribution < 1.29 is 9.53 Å². The highest BCUT2D eigenvalue weighted by Crippen LogP contribution is 2.40. The monoisotopic (exact) mass is 327 g/mol. The van der Waals surface area contributed by atoms with E-state index >= 15 is 0 Å². The van der Waals surface area contributed by atoms with Gasteiger partial charge in [0.1, 0.15) is 5.75 Å². The molecule has 0 fully saturated rings. The molecule has 23 heavy (non-hydrogen) atoms. The van der Waals surface area contributed by atoms with Gasteiger partial charge in [-0.3, -0.25) is 4.79 Å². The van der Waals surface area contributed by atoms with E-state index in [-0.39, 0.29) is 17.1 Å². The van der Waals surface area contributed by atoms with E-state index in [4.69, 9.17) is 22.7 Å². The Hall–Kier alpha value is -2.60. The molecule has 0 bridgehead atoms. The Balaban J connectivity index is 2.02. The van der Waals surface area contributed by atoms with Crippen LogP contribution in [0.4, 0.5) is 5.69 Å². The highest BCUT2D eigenvalue weighted by Gasteiger charge is 2.37. The van der Waals surface area contributed by atoms with Crippen LogP contribution in [0.5, 0.6) is 5.75 Å². The van der Waals surface area contributed by atoms with Crippen molar-refractivity contribution >= 4 is 28.9 Å². The number of ether oxygens (including phenoxy) is 1. The molecule has 1 aliphatic rings. The second-order valence-corrected chi connectivity index (χ2v) is 5.75. The summed E-state index contributed by atoms with van der Waals surface area (Å²) in [6.07, 6.45) is 0. The van der Waals surface area contributed by atoms with Crippen LogP contribution >= 0.6 is 12.2 Å². The lowest BCUT2D eigenvalue weighted by atomic mass is 9.88. The predicted octanol–water partition coefficient (Wildman–Crippen LogP) is 2.31. The lowest BCUT2D eigenvalue weighted by molar-refractivity contribution is -0.117. The maximum absolute atomic E-state index is 12.5. The number of nitrogens with one attached hydrogen (secondary N) is 2. The Labute approximate surface area is 139 Å². The molecule has 0 radical (unpaired) electrons. The van der Waals surface area contributed by atoms with Crippen molar-refractivity contribution in [2.75, 3.05) is 12.4 Å². The first-order chi connectivity index (χ1) is 11.1. The number of para-hydroxylation sites is 1. The molecule has 3 rings (SSSR count). The summed E-state index contributed by atoms with van der Waals surface area (Å²) in [4.78, 5) is 12.5. The maximum Gasteiger partial charge on any atom is 0.234 e. The standard InChI is InChI=1S/C17H17N3O2S/c1-22-11-8-6-10(7-9-11)15(20-17(18)23)14-12-4-2-3-5-13(12)19-16(14)21/h2-9,14-15H,1H3,(H,19,21)(H3,18,20,23). The lowest BCUT2D eigenvalue weighted by Gasteiger charge is -2.24. The van der Waals surface area contributed by atoms with Crippen molar-refractivity contribution in [2.45, 2.75) is 12.0 Å². The number of rotatable bonds is 4. The van der Waals surface area contributed by atoms with Gasteiger partial charge < -0.3 is 21.1 Å². The minimum absolute atomic E-state index is 0.0734.